The molecule has 3 heterocycles. The second kappa shape index (κ2) is 7.63. The summed E-state index contributed by atoms with van der Waals surface area (Å²) in [5.74, 6) is 1.22. The molecule has 0 aliphatic carbocycles. The van der Waals surface area contributed by atoms with Gasteiger partial charge in [0.2, 0.25) is 0 Å². The number of carbonyl (C=O) groups excluding carboxylic acids is 1. The first-order valence-corrected chi connectivity index (χ1v) is 10.5. The Labute approximate surface area is 185 Å². The Hall–Kier alpha value is -3.51. The van der Waals surface area contributed by atoms with E-state index in [2.05, 4.69) is 24.0 Å². The molecule has 0 N–H and O–H groups in total. The lowest BCUT2D eigenvalue weighted by Gasteiger charge is -2.16. The molecule has 1 amide bonds. The summed E-state index contributed by atoms with van der Waals surface area (Å²) < 4.78 is 1.96. The third-order valence-corrected chi connectivity index (χ3v) is 5.68. The number of fused-ring (bicyclic) bond motifs is 1. The van der Waals surface area contributed by atoms with Gasteiger partial charge in [-0.25, -0.2) is 4.98 Å². The highest BCUT2D eigenvalue weighted by molar-refractivity contribution is 6.30. The lowest BCUT2D eigenvalue weighted by molar-refractivity contribution is 0.0996. The molecule has 0 bridgehead atoms. The van der Waals surface area contributed by atoms with Crippen LogP contribution in [-0.2, 0) is 6.54 Å². The van der Waals surface area contributed by atoms with Crippen molar-refractivity contribution >= 4 is 23.3 Å². The van der Waals surface area contributed by atoms with Crippen molar-refractivity contribution in [1.82, 2.24) is 19.7 Å². The minimum atomic E-state index is -0.0612. The Kier molecular flexibility index (Phi) is 4.79. The Morgan fingerprint density at radius 1 is 1.00 bits per heavy atom. The van der Waals surface area contributed by atoms with E-state index < -0.39 is 0 Å². The highest BCUT2D eigenvalue weighted by Gasteiger charge is 2.30. The van der Waals surface area contributed by atoms with Gasteiger partial charge in [-0.2, -0.15) is 0 Å². The van der Waals surface area contributed by atoms with Crippen LogP contribution in [0.4, 0.5) is 5.82 Å². The molecular weight excluding hydrogens is 410 g/mol. The van der Waals surface area contributed by atoms with Crippen LogP contribution >= 0.6 is 11.6 Å². The van der Waals surface area contributed by atoms with Crippen molar-refractivity contribution < 1.29 is 4.79 Å². The van der Waals surface area contributed by atoms with Crippen molar-refractivity contribution in [2.75, 3.05) is 4.90 Å². The van der Waals surface area contributed by atoms with Gasteiger partial charge in [0.1, 0.15) is 17.8 Å². The molecule has 0 unspecified atom stereocenters. The maximum absolute atomic E-state index is 13.2. The van der Waals surface area contributed by atoms with Gasteiger partial charge in [-0.15, -0.1) is 10.2 Å². The van der Waals surface area contributed by atoms with Gasteiger partial charge in [0.15, 0.2) is 5.82 Å². The number of pyridine rings is 1. The van der Waals surface area contributed by atoms with Crippen molar-refractivity contribution in [2.45, 2.75) is 26.4 Å². The zero-order valence-electron chi connectivity index (χ0n) is 17.2. The lowest BCUT2D eigenvalue weighted by Crippen LogP contribution is -2.24. The predicted octanol–water partition coefficient (Wildman–Crippen LogP) is 5.40. The van der Waals surface area contributed by atoms with Crippen LogP contribution in [0.5, 0.6) is 0 Å². The molecule has 7 heteroatoms. The van der Waals surface area contributed by atoms with Crippen molar-refractivity contribution in [3.8, 4) is 22.6 Å². The summed E-state index contributed by atoms with van der Waals surface area (Å²) in [6.07, 6.45) is 1.70. The van der Waals surface area contributed by atoms with Gasteiger partial charge in [0.25, 0.3) is 5.91 Å². The Balaban J connectivity index is 1.48. The molecule has 0 spiro atoms. The smallest absolute Gasteiger partial charge is 0.260 e. The van der Waals surface area contributed by atoms with Crippen LogP contribution in [0.25, 0.3) is 22.6 Å². The summed E-state index contributed by atoms with van der Waals surface area (Å²) in [5.41, 5.74) is 4.30. The van der Waals surface area contributed by atoms with E-state index in [0.29, 0.717) is 34.5 Å². The largest absolute Gasteiger partial charge is 0.310 e. The van der Waals surface area contributed by atoms with Crippen molar-refractivity contribution in [3.05, 3.63) is 83.1 Å². The monoisotopic (exact) mass is 429 g/mol. The first-order valence-electron chi connectivity index (χ1n) is 10.1. The molecule has 0 atom stereocenters. The zero-order valence-corrected chi connectivity index (χ0v) is 17.9. The fourth-order valence-corrected chi connectivity index (χ4v) is 4.03. The van der Waals surface area contributed by atoms with Gasteiger partial charge < -0.3 is 4.57 Å². The van der Waals surface area contributed by atoms with Gasteiger partial charge >= 0.3 is 0 Å². The summed E-state index contributed by atoms with van der Waals surface area (Å²) in [7, 11) is 0. The molecule has 2 aromatic carbocycles. The molecule has 4 aromatic rings. The van der Waals surface area contributed by atoms with E-state index >= 15 is 0 Å². The molecule has 0 saturated heterocycles. The molecule has 2 aromatic heterocycles. The average molecular weight is 430 g/mol. The number of nitrogens with zero attached hydrogens (tertiary/aromatic N) is 5. The van der Waals surface area contributed by atoms with Crippen LogP contribution in [0.3, 0.4) is 0 Å². The van der Waals surface area contributed by atoms with E-state index in [-0.39, 0.29) is 11.9 Å². The SMILES string of the molecule is CC(C)n1cnnc1-c1cccc(N2Cc3ccc(-c4cccc(Cl)c4)cc3C2=O)n1. The standard InChI is InChI=1S/C24H20ClN5O/c1-15(2)30-14-26-28-23(30)21-7-4-8-22(27-21)29-13-18-10-9-17(12-20(18)24(29)31)16-5-3-6-19(25)11-16/h3-12,14-15H,13H2,1-2H3. The highest BCUT2D eigenvalue weighted by atomic mass is 35.5. The lowest BCUT2D eigenvalue weighted by atomic mass is 10.0. The number of hydrogen-bond donors (Lipinski definition) is 0. The number of benzene rings is 2. The van der Waals surface area contributed by atoms with Gasteiger partial charge in [-0.3, -0.25) is 9.69 Å². The minimum Gasteiger partial charge on any atom is -0.310 e. The highest BCUT2D eigenvalue weighted by Crippen LogP contribution is 2.32. The van der Waals surface area contributed by atoms with E-state index in [0.717, 1.165) is 16.7 Å². The quantitative estimate of drug-likeness (QED) is 0.435. The first-order chi connectivity index (χ1) is 15.0. The van der Waals surface area contributed by atoms with E-state index in [1.165, 1.54) is 0 Å². The molecule has 0 saturated carbocycles. The molecule has 6 nitrogen and oxygen atoms in total. The summed E-state index contributed by atoms with van der Waals surface area (Å²) in [6.45, 7) is 4.61. The van der Waals surface area contributed by atoms with E-state index in [4.69, 9.17) is 16.6 Å². The Morgan fingerprint density at radius 2 is 1.81 bits per heavy atom. The summed E-state index contributed by atoms with van der Waals surface area (Å²) in [5, 5.41) is 8.91. The van der Waals surface area contributed by atoms with Crippen LogP contribution in [-0.4, -0.2) is 25.7 Å². The van der Waals surface area contributed by atoms with Crippen LogP contribution < -0.4 is 4.90 Å². The number of carbonyl (C=O) groups is 1. The number of rotatable bonds is 4. The normalized spacial score (nSPS) is 13.2. The van der Waals surface area contributed by atoms with Gasteiger partial charge in [0.05, 0.1) is 6.54 Å². The average Bonchev–Trinajstić information content (AvgIpc) is 3.39. The molecule has 0 radical (unpaired) electrons. The molecule has 31 heavy (non-hydrogen) atoms. The maximum Gasteiger partial charge on any atom is 0.260 e. The molecule has 1 aliphatic rings. The van der Waals surface area contributed by atoms with E-state index in [1.54, 1.807) is 11.2 Å². The number of halogens is 1. The predicted molar refractivity (Wildman–Crippen MR) is 121 cm³/mol. The minimum absolute atomic E-state index is 0.0612. The molecular formula is C24H20ClN5O. The third kappa shape index (κ3) is 3.49. The molecule has 1 aliphatic heterocycles. The van der Waals surface area contributed by atoms with E-state index in [9.17, 15) is 4.79 Å². The van der Waals surface area contributed by atoms with Crippen LogP contribution in [0.15, 0.2) is 67.0 Å². The van der Waals surface area contributed by atoms with Gasteiger partial charge in [-0.1, -0.05) is 41.9 Å². The number of amides is 1. The van der Waals surface area contributed by atoms with Crippen LogP contribution in [0.1, 0.15) is 35.8 Å². The number of anilines is 1. The second-order valence-corrected chi connectivity index (χ2v) is 8.25. The van der Waals surface area contributed by atoms with Crippen molar-refractivity contribution in [3.63, 3.8) is 0 Å². The number of hydrogen-bond acceptors (Lipinski definition) is 4. The third-order valence-electron chi connectivity index (χ3n) is 5.44. The topological polar surface area (TPSA) is 63.9 Å². The summed E-state index contributed by atoms with van der Waals surface area (Å²) in [6, 6.07) is 19.4. The van der Waals surface area contributed by atoms with Crippen molar-refractivity contribution in [1.29, 1.82) is 0 Å². The van der Waals surface area contributed by atoms with Gasteiger partial charge in [0, 0.05) is 16.6 Å². The second-order valence-electron chi connectivity index (χ2n) is 7.81. The first kappa shape index (κ1) is 19.5. The van der Waals surface area contributed by atoms with Gasteiger partial charge in [-0.05, 0) is 60.9 Å². The Bertz CT molecular complexity index is 1300. The summed E-state index contributed by atoms with van der Waals surface area (Å²) in [4.78, 5) is 19.7. The van der Waals surface area contributed by atoms with Crippen LogP contribution in [0.2, 0.25) is 5.02 Å². The maximum atomic E-state index is 13.2. The van der Waals surface area contributed by atoms with Crippen molar-refractivity contribution in [2.24, 2.45) is 0 Å². The van der Waals surface area contributed by atoms with E-state index in [1.807, 2.05) is 65.2 Å². The molecule has 154 valence electrons. The fraction of sp³-hybridized carbons (Fsp3) is 0.167. The fourth-order valence-electron chi connectivity index (χ4n) is 3.84. The Morgan fingerprint density at radius 3 is 2.61 bits per heavy atom. The molecule has 0 fully saturated rings. The zero-order chi connectivity index (χ0) is 21.5. The number of aromatic nitrogens is 4. The van der Waals surface area contributed by atoms with Crippen LogP contribution in [0, 0.1) is 0 Å². The molecule has 5 rings (SSSR count). The summed E-state index contributed by atoms with van der Waals surface area (Å²) >= 11 is 6.14.